The number of aliphatic hydroxyl groups excluding tert-OH is 2. The molecule has 0 spiro atoms. The van der Waals surface area contributed by atoms with Gasteiger partial charge in [-0.1, -0.05) is 103 Å². The van der Waals surface area contributed by atoms with Gasteiger partial charge in [0, 0.05) is 44.0 Å². The van der Waals surface area contributed by atoms with Crippen LogP contribution in [-0.4, -0.2) is 52.7 Å². The topological polar surface area (TPSA) is 146 Å². The number of para-hydroxylation sites is 2. The van der Waals surface area contributed by atoms with Crippen LogP contribution in [-0.2, 0) is 32.2 Å². The molecule has 10 heteroatoms. The van der Waals surface area contributed by atoms with Crippen LogP contribution in [0.4, 0.5) is 11.4 Å². The fourth-order valence-corrected chi connectivity index (χ4v) is 6.94. The predicted octanol–water partition coefficient (Wildman–Crippen LogP) is 7.45. The molecule has 5 atom stereocenters. The van der Waals surface area contributed by atoms with Gasteiger partial charge < -0.3 is 36.1 Å². The van der Waals surface area contributed by atoms with Gasteiger partial charge in [0.15, 0.2) is 6.29 Å². The summed E-state index contributed by atoms with van der Waals surface area (Å²) in [5, 5.41) is 26.6. The van der Waals surface area contributed by atoms with Crippen LogP contribution in [0.1, 0.15) is 78.9 Å². The van der Waals surface area contributed by atoms with E-state index in [4.69, 9.17) is 15.2 Å². The van der Waals surface area contributed by atoms with Crippen molar-refractivity contribution in [1.82, 2.24) is 10.2 Å². The van der Waals surface area contributed by atoms with Crippen LogP contribution in [0.3, 0.4) is 0 Å². The number of likely N-dealkylation sites (N-methyl/N-ethyl adjacent to an activating group) is 1. The largest absolute Gasteiger partial charge is 0.397 e. The van der Waals surface area contributed by atoms with Crippen molar-refractivity contribution >= 4 is 23.2 Å². The summed E-state index contributed by atoms with van der Waals surface area (Å²) in [6.07, 6.45) is -0.253. The van der Waals surface area contributed by atoms with Gasteiger partial charge in [0.2, 0.25) is 11.8 Å². The molecule has 1 fully saturated rings. The number of carbonyl (C=O) groups is 2. The summed E-state index contributed by atoms with van der Waals surface area (Å²) in [6.45, 7) is 2.93. The van der Waals surface area contributed by atoms with Gasteiger partial charge in [-0.3, -0.25) is 14.5 Å². The standard InChI is InChI=1S/C46H52N4O6/c1-31(45(54)35-12-4-3-5-13-35)50(2)29-39-27-42(34-23-21-32(30-51)22-24-34)56-46(55-39)38-16-9-15-37(26-38)36-14-8-11-33(25-36)28-48-43(52)19-10-20-44(53)49-41-18-7-6-17-40(41)47/h3-9,11-18,21-26,31,39,42,45-46,51,54H,10,19-20,27-30,47H2,1-2H3,(H,48,52)(H,49,53)/t31-,39-,42+,45-,46+/m1/s1. The quantitative estimate of drug-likeness (QED) is 0.0653. The molecule has 1 heterocycles. The Hall–Kier alpha value is -5.36. The van der Waals surface area contributed by atoms with E-state index in [-0.39, 0.29) is 49.5 Å². The van der Waals surface area contributed by atoms with Gasteiger partial charge in [-0.2, -0.15) is 0 Å². The molecule has 0 aliphatic carbocycles. The summed E-state index contributed by atoms with van der Waals surface area (Å²) in [5.74, 6) is -0.307. The van der Waals surface area contributed by atoms with E-state index in [0.29, 0.717) is 37.3 Å². The molecule has 0 radical (unpaired) electrons. The van der Waals surface area contributed by atoms with Crippen molar-refractivity contribution in [3.05, 3.63) is 155 Å². The summed E-state index contributed by atoms with van der Waals surface area (Å²) in [5.41, 5.74) is 13.5. The Bertz CT molecular complexity index is 2040. The lowest BCUT2D eigenvalue weighted by atomic mass is 9.97. The minimum Gasteiger partial charge on any atom is -0.397 e. The third-order valence-corrected chi connectivity index (χ3v) is 10.4. The van der Waals surface area contributed by atoms with Gasteiger partial charge in [0.25, 0.3) is 0 Å². The minimum atomic E-state index is -0.654. The summed E-state index contributed by atoms with van der Waals surface area (Å²) < 4.78 is 13.3. The lowest BCUT2D eigenvalue weighted by molar-refractivity contribution is -0.253. The number of amides is 2. The highest BCUT2D eigenvalue weighted by Crippen LogP contribution is 2.39. The number of nitrogen functional groups attached to an aromatic ring is 1. The Kier molecular flexibility index (Phi) is 14.0. The van der Waals surface area contributed by atoms with Crippen LogP contribution in [0.15, 0.2) is 127 Å². The van der Waals surface area contributed by atoms with Crippen LogP contribution in [0, 0.1) is 0 Å². The molecule has 10 nitrogen and oxygen atoms in total. The highest BCUT2D eigenvalue weighted by atomic mass is 16.7. The van der Waals surface area contributed by atoms with Crippen molar-refractivity contribution in [3.63, 3.8) is 0 Å². The number of hydrogen-bond donors (Lipinski definition) is 5. The number of ether oxygens (including phenoxy) is 2. The van der Waals surface area contributed by atoms with Gasteiger partial charge in [-0.25, -0.2) is 0 Å². The first-order chi connectivity index (χ1) is 27.2. The number of benzene rings is 5. The monoisotopic (exact) mass is 756 g/mol. The molecule has 6 rings (SSSR count). The zero-order valence-corrected chi connectivity index (χ0v) is 32.0. The van der Waals surface area contributed by atoms with Crippen molar-refractivity contribution in [3.8, 4) is 11.1 Å². The first-order valence-electron chi connectivity index (χ1n) is 19.2. The molecule has 5 aromatic rings. The number of hydrogen-bond acceptors (Lipinski definition) is 8. The molecule has 0 aromatic heterocycles. The molecule has 2 amide bonds. The Morgan fingerprint density at radius 2 is 1.50 bits per heavy atom. The maximum absolute atomic E-state index is 12.7. The summed E-state index contributed by atoms with van der Waals surface area (Å²) in [7, 11) is 2.01. The highest BCUT2D eigenvalue weighted by Gasteiger charge is 2.34. The third kappa shape index (κ3) is 10.9. The molecule has 1 aliphatic rings. The zero-order chi connectivity index (χ0) is 39.4. The van der Waals surface area contributed by atoms with Gasteiger partial charge in [0.1, 0.15) is 0 Å². The number of carbonyl (C=O) groups excluding carboxylic acids is 2. The van der Waals surface area contributed by atoms with Gasteiger partial charge in [-0.15, -0.1) is 0 Å². The lowest BCUT2D eigenvalue weighted by Gasteiger charge is -2.39. The van der Waals surface area contributed by atoms with Gasteiger partial charge >= 0.3 is 0 Å². The van der Waals surface area contributed by atoms with Crippen molar-refractivity contribution in [2.24, 2.45) is 0 Å². The van der Waals surface area contributed by atoms with Crippen molar-refractivity contribution in [2.75, 3.05) is 24.6 Å². The van der Waals surface area contributed by atoms with Gasteiger partial charge in [0.05, 0.1) is 36.3 Å². The Morgan fingerprint density at radius 3 is 2.25 bits per heavy atom. The number of rotatable bonds is 16. The van der Waals surface area contributed by atoms with E-state index in [9.17, 15) is 19.8 Å². The molecule has 1 aliphatic heterocycles. The molecule has 292 valence electrons. The predicted molar refractivity (Wildman–Crippen MR) is 219 cm³/mol. The molecule has 6 N–H and O–H groups in total. The Balaban J connectivity index is 1.09. The van der Waals surface area contributed by atoms with Crippen LogP contribution < -0.4 is 16.4 Å². The van der Waals surface area contributed by atoms with E-state index in [1.165, 1.54) is 0 Å². The average Bonchev–Trinajstić information content (AvgIpc) is 3.23. The molecule has 1 saturated heterocycles. The van der Waals surface area contributed by atoms with Crippen LogP contribution in [0.2, 0.25) is 0 Å². The Morgan fingerprint density at radius 1 is 0.804 bits per heavy atom. The highest BCUT2D eigenvalue weighted by molar-refractivity contribution is 5.94. The molecule has 56 heavy (non-hydrogen) atoms. The number of nitrogens with zero attached hydrogens (tertiary/aromatic N) is 1. The molecule has 0 bridgehead atoms. The molecule has 0 saturated carbocycles. The minimum absolute atomic E-state index is 0.0286. The fraction of sp³-hybridized carbons (Fsp3) is 0.304. The van der Waals surface area contributed by atoms with Gasteiger partial charge in [-0.05, 0) is 78.0 Å². The normalized spacial score (nSPS) is 17.9. The number of aliphatic hydroxyl groups is 2. The van der Waals surface area contributed by atoms with Crippen LogP contribution in [0.5, 0.6) is 0 Å². The maximum Gasteiger partial charge on any atom is 0.224 e. The second-order valence-electron chi connectivity index (χ2n) is 14.5. The molecular formula is C46H52N4O6. The smallest absolute Gasteiger partial charge is 0.224 e. The van der Waals surface area contributed by atoms with Crippen molar-refractivity contribution in [2.45, 2.75) is 76.4 Å². The number of nitrogens with two attached hydrogens (primary N) is 1. The van der Waals surface area contributed by atoms with E-state index in [2.05, 4.69) is 27.7 Å². The SMILES string of the molecule is C[C@H]([C@@H](O)c1ccccc1)N(C)C[C@H]1C[C@@H](c2ccc(CO)cc2)O[C@@H](c2cccc(-c3cccc(CNC(=O)CCCC(=O)Nc4ccccc4N)c3)c2)O1. The fourth-order valence-electron chi connectivity index (χ4n) is 6.94. The van der Waals surface area contributed by atoms with E-state index >= 15 is 0 Å². The third-order valence-electron chi connectivity index (χ3n) is 10.4. The van der Waals surface area contributed by atoms with E-state index in [0.717, 1.165) is 38.9 Å². The maximum atomic E-state index is 12.7. The molecular weight excluding hydrogens is 705 g/mol. The van der Waals surface area contributed by atoms with Crippen molar-refractivity contribution in [1.29, 1.82) is 0 Å². The molecule has 5 aromatic carbocycles. The lowest BCUT2D eigenvalue weighted by Crippen LogP contribution is -2.43. The average molecular weight is 757 g/mol. The summed E-state index contributed by atoms with van der Waals surface area (Å²) in [4.78, 5) is 27.1. The number of anilines is 2. The Labute approximate surface area is 329 Å². The first-order valence-corrected chi connectivity index (χ1v) is 19.2. The summed E-state index contributed by atoms with van der Waals surface area (Å²) in [6, 6.07) is 40.6. The first kappa shape index (κ1) is 40.3. The zero-order valence-electron chi connectivity index (χ0n) is 32.0. The summed E-state index contributed by atoms with van der Waals surface area (Å²) >= 11 is 0. The van der Waals surface area contributed by atoms with E-state index < -0.39 is 12.4 Å². The van der Waals surface area contributed by atoms with Crippen molar-refractivity contribution < 1.29 is 29.3 Å². The molecule has 0 unspecified atom stereocenters. The second-order valence-corrected chi connectivity index (χ2v) is 14.5. The van der Waals surface area contributed by atoms with E-state index in [1.807, 2.05) is 105 Å². The van der Waals surface area contributed by atoms with Crippen LogP contribution >= 0.6 is 0 Å². The number of nitrogens with one attached hydrogen (secondary N) is 2. The second kappa shape index (κ2) is 19.5. The van der Waals surface area contributed by atoms with E-state index in [1.54, 1.807) is 24.3 Å². The van der Waals surface area contributed by atoms with Crippen LogP contribution in [0.25, 0.3) is 11.1 Å².